The lowest BCUT2D eigenvalue weighted by Crippen LogP contribution is -2.58. The quantitative estimate of drug-likeness (QED) is 0.536. The van der Waals surface area contributed by atoms with Crippen molar-refractivity contribution in [2.24, 2.45) is 16.9 Å². The molecule has 1 aromatic heterocycles. The number of benzene rings is 1. The lowest BCUT2D eigenvalue weighted by molar-refractivity contribution is -0.137. The Bertz CT molecular complexity index is 1220. The maximum atomic E-state index is 12.7. The van der Waals surface area contributed by atoms with Gasteiger partial charge in [-0.05, 0) is 55.9 Å². The summed E-state index contributed by atoms with van der Waals surface area (Å²) >= 11 is 0. The molecule has 11 nitrogen and oxygen atoms in total. The molecule has 5 rings (SSSR count). The molecular formula is C26H36N8O3. The van der Waals surface area contributed by atoms with Crippen molar-refractivity contribution >= 4 is 17.8 Å². The molecular weight excluding hydrogens is 472 g/mol. The SMILES string of the molecule is CC(C)(N)C(=O)N1CCN(C(=O)Nc2ccn(-c3ccc(CN4C[C@H](N)C5(CC5)C4)cc3)c(=O)n2)CC1. The van der Waals surface area contributed by atoms with E-state index >= 15 is 0 Å². The van der Waals surface area contributed by atoms with E-state index in [1.807, 2.05) is 24.3 Å². The van der Waals surface area contributed by atoms with E-state index in [2.05, 4.69) is 15.2 Å². The maximum Gasteiger partial charge on any atom is 0.354 e. The van der Waals surface area contributed by atoms with Gasteiger partial charge in [0.25, 0.3) is 0 Å². The molecule has 0 unspecified atom stereocenters. The molecule has 3 fully saturated rings. The van der Waals surface area contributed by atoms with Crippen LogP contribution in [0.3, 0.4) is 0 Å². The number of likely N-dealkylation sites (tertiary alicyclic amines) is 1. The van der Waals surface area contributed by atoms with Gasteiger partial charge >= 0.3 is 11.7 Å². The molecule has 11 heteroatoms. The van der Waals surface area contributed by atoms with Crippen molar-refractivity contribution in [1.82, 2.24) is 24.3 Å². The molecule has 0 bridgehead atoms. The van der Waals surface area contributed by atoms with Crippen LogP contribution in [0.1, 0.15) is 32.3 Å². The first-order valence-electron chi connectivity index (χ1n) is 12.9. The molecule has 37 heavy (non-hydrogen) atoms. The minimum absolute atomic E-state index is 0.141. The van der Waals surface area contributed by atoms with Crippen LogP contribution in [0.2, 0.25) is 0 Å². The van der Waals surface area contributed by atoms with Gasteiger partial charge in [0.05, 0.1) is 11.2 Å². The summed E-state index contributed by atoms with van der Waals surface area (Å²) in [5, 5.41) is 2.69. The molecule has 198 valence electrons. The highest BCUT2D eigenvalue weighted by molar-refractivity contribution is 5.89. The molecule has 2 aliphatic heterocycles. The molecule has 2 aromatic rings. The van der Waals surface area contributed by atoms with E-state index < -0.39 is 11.2 Å². The van der Waals surface area contributed by atoms with Crippen molar-refractivity contribution in [1.29, 1.82) is 0 Å². The number of nitrogens with zero attached hydrogens (tertiary/aromatic N) is 5. The van der Waals surface area contributed by atoms with Gasteiger partial charge in [-0.25, -0.2) is 9.59 Å². The maximum absolute atomic E-state index is 12.7. The third-order valence-corrected chi connectivity index (χ3v) is 7.74. The topological polar surface area (TPSA) is 143 Å². The smallest absolute Gasteiger partial charge is 0.338 e. The fourth-order valence-corrected chi connectivity index (χ4v) is 5.31. The van der Waals surface area contributed by atoms with Crippen LogP contribution in [0.4, 0.5) is 10.6 Å². The second-order valence-electron chi connectivity index (χ2n) is 11.2. The van der Waals surface area contributed by atoms with Gasteiger partial charge in [-0.15, -0.1) is 0 Å². The fourth-order valence-electron chi connectivity index (χ4n) is 5.31. The molecule has 3 heterocycles. The number of rotatable bonds is 5. The standard InChI is InChI=1S/C26H36N8O3/c1-25(2,28)22(35)32-11-13-33(14-12-32)23(36)29-21-7-10-34(24(37)30-21)19-5-3-18(4-6-19)15-31-16-20(27)26(17-31)8-9-26/h3-7,10,20H,8-9,11-17,27-28H2,1-2H3,(H,29,30,36,37)/t20-/m0/s1. The monoisotopic (exact) mass is 508 g/mol. The van der Waals surface area contributed by atoms with Gasteiger partial charge in [0, 0.05) is 58.1 Å². The van der Waals surface area contributed by atoms with Crippen molar-refractivity contribution in [3.05, 3.63) is 52.6 Å². The fraction of sp³-hybridized carbons (Fsp3) is 0.538. The number of urea groups is 1. The molecule has 3 aliphatic rings. The molecule has 1 aromatic carbocycles. The number of carbonyl (C=O) groups excluding carboxylic acids is 2. The Hall–Kier alpha value is -3.28. The number of hydrogen-bond donors (Lipinski definition) is 3. The molecule has 3 amide bonds. The zero-order valence-electron chi connectivity index (χ0n) is 21.5. The van der Waals surface area contributed by atoms with Crippen LogP contribution in [0.5, 0.6) is 0 Å². The number of hydrogen-bond acceptors (Lipinski definition) is 7. The van der Waals surface area contributed by atoms with Crippen molar-refractivity contribution in [3.8, 4) is 5.69 Å². The summed E-state index contributed by atoms with van der Waals surface area (Å²) in [4.78, 5) is 47.4. The predicted molar refractivity (Wildman–Crippen MR) is 140 cm³/mol. The van der Waals surface area contributed by atoms with Crippen LogP contribution >= 0.6 is 0 Å². The summed E-state index contributed by atoms with van der Waals surface area (Å²) in [6, 6.07) is 9.38. The van der Waals surface area contributed by atoms with E-state index in [1.54, 1.807) is 35.9 Å². The number of amides is 3. The molecule has 1 spiro atoms. The molecule has 1 saturated carbocycles. The van der Waals surface area contributed by atoms with Crippen molar-refractivity contribution < 1.29 is 9.59 Å². The number of anilines is 1. The van der Waals surface area contributed by atoms with Gasteiger partial charge in [-0.1, -0.05) is 12.1 Å². The largest absolute Gasteiger partial charge is 0.354 e. The number of piperazine rings is 1. The van der Waals surface area contributed by atoms with Gasteiger partial charge in [0.2, 0.25) is 5.91 Å². The number of nitrogens with two attached hydrogens (primary N) is 2. The van der Waals surface area contributed by atoms with Gasteiger partial charge in [0.1, 0.15) is 5.82 Å². The minimum Gasteiger partial charge on any atom is -0.338 e. The summed E-state index contributed by atoms with van der Waals surface area (Å²) in [7, 11) is 0. The summed E-state index contributed by atoms with van der Waals surface area (Å²) in [6.07, 6.45) is 4.08. The van der Waals surface area contributed by atoms with Crippen molar-refractivity contribution in [2.75, 3.05) is 44.6 Å². The zero-order valence-corrected chi connectivity index (χ0v) is 21.5. The number of carbonyl (C=O) groups is 2. The van der Waals surface area contributed by atoms with E-state index in [4.69, 9.17) is 11.5 Å². The van der Waals surface area contributed by atoms with Crippen LogP contribution in [0, 0.1) is 5.41 Å². The second-order valence-corrected chi connectivity index (χ2v) is 11.2. The second kappa shape index (κ2) is 9.55. The lowest BCUT2D eigenvalue weighted by atomic mass is 10.0. The Labute approximate surface area is 216 Å². The third-order valence-electron chi connectivity index (χ3n) is 7.74. The molecule has 1 aliphatic carbocycles. The summed E-state index contributed by atoms with van der Waals surface area (Å²) < 4.78 is 1.45. The zero-order chi connectivity index (χ0) is 26.4. The Morgan fingerprint density at radius 1 is 1.08 bits per heavy atom. The van der Waals surface area contributed by atoms with E-state index in [0.717, 1.165) is 19.6 Å². The van der Waals surface area contributed by atoms with E-state index in [-0.39, 0.29) is 23.8 Å². The minimum atomic E-state index is -0.944. The Morgan fingerprint density at radius 2 is 1.73 bits per heavy atom. The summed E-state index contributed by atoms with van der Waals surface area (Å²) in [5.41, 5.74) is 13.0. The lowest BCUT2D eigenvalue weighted by Gasteiger charge is -2.37. The van der Waals surface area contributed by atoms with Crippen LogP contribution in [-0.4, -0.2) is 87.0 Å². The Morgan fingerprint density at radius 3 is 2.30 bits per heavy atom. The van der Waals surface area contributed by atoms with E-state index in [1.165, 1.54) is 23.0 Å². The Kier molecular flexibility index (Phi) is 6.55. The predicted octanol–water partition coefficient (Wildman–Crippen LogP) is 0.569. The Balaban J connectivity index is 1.16. The average Bonchev–Trinajstić information content (AvgIpc) is 3.57. The van der Waals surface area contributed by atoms with Gasteiger partial charge in [0.15, 0.2) is 0 Å². The molecule has 2 saturated heterocycles. The first-order chi connectivity index (χ1) is 17.5. The van der Waals surface area contributed by atoms with Gasteiger partial charge < -0.3 is 21.3 Å². The molecule has 0 radical (unpaired) electrons. The van der Waals surface area contributed by atoms with Crippen molar-refractivity contribution in [2.45, 2.75) is 44.8 Å². The van der Waals surface area contributed by atoms with Gasteiger partial charge in [-0.3, -0.25) is 19.6 Å². The van der Waals surface area contributed by atoms with Gasteiger partial charge in [-0.2, -0.15) is 4.98 Å². The molecule has 5 N–H and O–H groups in total. The number of nitrogens with one attached hydrogen (secondary N) is 1. The first-order valence-corrected chi connectivity index (χ1v) is 12.9. The van der Waals surface area contributed by atoms with Crippen molar-refractivity contribution in [3.63, 3.8) is 0 Å². The van der Waals surface area contributed by atoms with Crippen LogP contribution in [0.15, 0.2) is 41.3 Å². The van der Waals surface area contributed by atoms with E-state index in [0.29, 0.717) is 37.3 Å². The van der Waals surface area contributed by atoms with E-state index in [9.17, 15) is 14.4 Å². The highest BCUT2D eigenvalue weighted by Gasteiger charge is 2.53. The normalized spacial score (nSPS) is 21.4. The first kappa shape index (κ1) is 25.4. The van der Waals surface area contributed by atoms with Crippen LogP contribution in [0.25, 0.3) is 5.69 Å². The summed E-state index contributed by atoms with van der Waals surface area (Å²) in [5.74, 6) is 0.0432. The average molecular weight is 509 g/mol. The van der Waals surface area contributed by atoms with Crippen LogP contribution in [-0.2, 0) is 11.3 Å². The van der Waals surface area contributed by atoms with Crippen LogP contribution < -0.4 is 22.5 Å². The summed E-state index contributed by atoms with van der Waals surface area (Å²) in [6.45, 7) is 7.74. The highest BCUT2D eigenvalue weighted by Crippen LogP contribution is 2.52. The highest BCUT2D eigenvalue weighted by atomic mass is 16.2. The molecule has 1 atom stereocenters. The number of aromatic nitrogens is 2. The third kappa shape index (κ3) is 5.39.